The molecular formula is C25H22Cl3N3O2. The van der Waals surface area contributed by atoms with E-state index in [2.05, 4.69) is 10.2 Å². The van der Waals surface area contributed by atoms with Crippen LogP contribution in [0.4, 0.5) is 11.4 Å². The van der Waals surface area contributed by atoms with E-state index < -0.39 is 0 Å². The Labute approximate surface area is 207 Å². The molecule has 1 unspecified atom stereocenters. The minimum absolute atomic E-state index is 0.0944. The summed E-state index contributed by atoms with van der Waals surface area (Å²) in [5.41, 5.74) is 3.00. The van der Waals surface area contributed by atoms with Crippen molar-refractivity contribution in [3.63, 3.8) is 0 Å². The fourth-order valence-electron chi connectivity index (χ4n) is 4.06. The Morgan fingerprint density at radius 3 is 2.33 bits per heavy atom. The van der Waals surface area contributed by atoms with Gasteiger partial charge in [0, 0.05) is 47.9 Å². The first-order valence-electron chi connectivity index (χ1n) is 10.5. The van der Waals surface area contributed by atoms with Crippen LogP contribution in [0.2, 0.25) is 15.1 Å². The first kappa shape index (κ1) is 23.4. The number of carbonyl (C=O) groups excluding carboxylic acids is 2. The normalized spacial score (nSPS) is 15.9. The Hall–Kier alpha value is -2.73. The molecule has 0 radical (unpaired) electrons. The number of hydrogen-bond donors (Lipinski definition) is 1. The van der Waals surface area contributed by atoms with Crippen molar-refractivity contribution in [1.29, 1.82) is 0 Å². The molecule has 0 spiro atoms. The van der Waals surface area contributed by atoms with E-state index in [1.807, 2.05) is 41.3 Å². The van der Waals surface area contributed by atoms with Crippen molar-refractivity contribution in [3.05, 3.63) is 92.9 Å². The molecule has 5 nitrogen and oxygen atoms in total. The Balaban J connectivity index is 1.64. The van der Waals surface area contributed by atoms with Gasteiger partial charge < -0.3 is 15.1 Å². The van der Waals surface area contributed by atoms with E-state index in [0.717, 1.165) is 11.3 Å². The predicted octanol–water partition coefficient (Wildman–Crippen LogP) is 6.31. The predicted molar refractivity (Wildman–Crippen MR) is 135 cm³/mol. The van der Waals surface area contributed by atoms with Gasteiger partial charge in [0.05, 0.1) is 16.8 Å². The summed E-state index contributed by atoms with van der Waals surface area (Å²) < 4.78 is 0. The van der Waals surface area contributed by atoms with Gasteiger partial charge in [-0.05, 0) is 54.1 Å². The second kappa shape index (κ2) is 10.0. The first-order chi connectivity index (χ1) is 15.8. The molecule has 1 aliphatic heterocycles. The molecule has 33 heavy (non-hydrogen) atoms. The second-order valence-corrected chi connectivity index (χ2v) is 9.15. The van der Waals surface area contributed by atoms with E-state index in [4.69, 9.17) is 34.8 Å². The molecule has 4 rings (SSSR count). The molecule has 1 saturated heterocycles. The Bertz CT molecular complexity index is 1180. The molecule has 1 fully saturated rings. The number of anilines is 2. The standard InChI is InChI=1S/C25H22Cl3N3O2/c1-16(32)29-21-4-2-3-18(13-21)25(33)30-11-12-31(23-10-9-20(27)14-22(23)28)24(15-30)17-5-7-19(26)8-6-17/h2-10,13-14,24H,11-12,15H2,1H3,(H,29,32). The van der Waals surface area contributed by atoms with Crippen LogP contribution in [0.3, 0.4) is 0 Å². The smallest absolute Gasteiger partial charge is 0.254 e. The Morgan fingerprint density at radius 2 is 1.64 bits per heavy atom. The maximum Gasteiger partial charge on any atom is 0.254 e. The number of carbonyl (C=O) groups is 2. The first-order valence-corrected chi connectivity index (χ1v) is 11.6. The van der Waals surface area contributed by atoms with Crippen molar-refractivity contribution in [2.24, 2.45) is 0 Å². The summed E-state index contributed by atoms with van der Waals surface area (Å²) in [6.07, 6.45) is 0. The molecule has 0 aliphatic carbocycles. The average Bonchev–Trinajstić information content (AvgIpc) is 2.79. The van der Waals surface area contributed by atoms with E-state index in [-0.39, 0.29) is 17.9 Å². The summed E-state index contributed by atoms with van der Waals surface area (Å²) >= 11 is 18.8. The molecule has 0 saturated carbocycles. The summed E-state index contributed by atoms with van der Waals surface area (Å²) in [6, 6.07) is 19.9. The van der Waals surface area contributed by atoms with Crippen molar-refractivity contribution in [1.82, 2.24) is 4.90 Å². The SMILES string of the molecule is CC(=O)Nc1cccc(C(=O)N2CCN(c3ccc(Cl)cc3Cl)C(c3ccc(Cl)cc3)C2)c1. The van der Waals surface area contributed by atoms with Gasteiger partial charge in [-0.25, -0.2) is 0 Å². The Kier molecular flexibility index (Phi) is 7.13. The summed E-state index contributed by atoms with van der Waals surface area (Å²) in [5, 5.41) is 4.50. The lowest BCUT2D eigenvalue weighted by molar-refractivity contribution is -0.114. The number of halogens is 3. The third-order valence-corrected chi connectivity index (χ3v) is 6.36. The minimum atomic E-state index is -0.184. The fraction of sp³-hybridized carbons (Fsp3) is 0.200. The van der Waals surface area contributed by atoms with Gasteiger partial charge >= 0.3 is 0 Å². The highest BCUT2D eigenvalue weighted by Crippen LogP contribution is 2.37. The molecule has 0 bridgehead atoms. The molecule has 1 atom stereocenters. The van der Waals surface area contributed by atoms with Gasteiger partial charge in [-0.1, -0.05) is 53.0 Å². The molecule has 1 heterocycles. The van der Waals surface area contributed by atoms with Crippen LogP contribution < -0.4 is 10.2 Å². The summed E-state index contributed by atoms with van der Waals surface area (Å²) in [7, 11) is 0. The van der Waals surface area contributed by atoms with Crippen molar-refractivity contribution >= 4 is 58.0 Å². The molecule has 2 amide bonds. The topological polar surface area (TPSA) is 52.7 Å². The third-order valence-electron chi connectivity index (χ3n) is 5.57. The van der Waals surface area contributed by atoms with Crippen molar-refractivity contribution in [3.8, 4) is 0 Å². The van der Waals surface area contributed by atoms with Gasteiger partial charge in [0.15, 0.2) is 0 Å². The molecule has 170 valence electrons. The van der Waals surface area contributed by atoms with Gasteiger partial charge in [-0.15, -0.1) is 0 Å². The summed E-state index contributed by atoms with van der Waals surface area (Å²) in [6.45, 7) is 3.01. The van der Waals surface area contributed by atoms with Gasteiger partial charge in [-0.2, -0.15) is 0 Å². The molecule has 3 aromatic carbocycles. The summed E-state index contributed by atoms with van der Waals surface area (Å²) in [5.74, 6) is -0.279. The van der Waals surface area contributed by atoms with Crippen LogP contribution in [0.1, 0.15) is 28.9 Å². The van der Waals surface area contributed by atoms with Crippen molar-refractivity contribution < 1.29 is 9.59 Å². The zero-order chi connectivity index (χ0) is 23.5. The quantitative estimate of drug-likeness (QED) is 0.455. The molecule has 0 aromatic heterocycles. The highest BCUT2D eigenvalue weighted by molar-refractivity contribution is 6.36. The van der Waals surface area contributed by atoms with Gasteiger partial charge in [0.25, 0.3) is 5.91 Å². The van der Waals surface area contributed by atoms with Crippen LogP contribution in [0.15, 0.2) is 66.7 Å². The maximum absolute atomic E-state index is 13.4. The number of benzene rings is 3. The second-order valence-electron chi connectivity index (χ2n) is 7.87. The van der Waals surface area contributed by atoms with E-state index in [9.17, 15) is 9.59 Å². The third kappa shape index (κ3) is 5.44. The van der Waals surface area contributed by atoms with E-state index in [1.165, 1.54) is 6.92 Å². The van der Waals surface area contributed by atoms with Crippen LogP contribution in [-0.4, -0.2) is 36.3 Å². The van der Waals surface area contributed by atoms with Gasteiger partial charge in [-0.3, -0.25) is 9.59 Å². The van der Waals surface area contributed by atoms with Crippen molar-refractivity contribution in [2.45, 2.75) is 13.0 Å². The Morgan fingerprint density at radius 1 is 0.909 bits per heavy atom. The highest BCUT2D eigenvalue weighted by atomic mass is 35.5. The van der Waals surface area contributed by atoms with Crippen LogP contribution in [0.25, 0.3) is 0 Å². The fourth-order valence-corrected chi connectivity index (χ4v) is 4.70. The number of rotatable bonds is 4. The van der Waals surface area contributed by atoms with E-state index in [0.29, 0.717) is 46.0 Å². The number of nitrogens with one attached hydrogen (secondary N) is 1. The van der Waals surface area contributed by atoms with E-state index >= 15 is 0 Å². The lowest BCUT2D eigenvalue weighted by Gasteiger charge is -2.43. The molecule has 3 aromatic rings. The minimum Gasteiger partial charge on any atom is -0.360 e. The number of piperazine rings is 1. The number of nitrogens with zero attached hydrogens (tertiary/aromatic N) is 2. The van der Waals surface area contributed by atoms with Crippen molar-refractivity contribution in [2.75, 3.05) is 29.9 Å². The number of hydrogen-bond acceptors (Lipinski definition) is 3. The number of amides is 2. The van der Waals surface area contributed by atoms with Gasteiger partial charge in [0.2, 0.25) is 5.91 Å². The monoisotopic (exact) mass is 501 g/mol. The van der Waals surface area contributed by atoms with Crippen LogP contribution in [0.5, 0.6) is 0 Å². The summed E-state index contributed by atoms with van der Waals surface area (Å²) in [4.78, 5) is 28.8. The average molecular weight is 503 g/mol. The zero-order valence-corrected chi connectivity index (χ0v) is 20.2. The highest BCUT2D eigenvalue weighted by Gasteiger charge is 2.32. The van der Waals surface area contributed by atoms with Gasteiger partial charge in [0.1, 0.15) is 0 Å². The van der Waals surface area contributed by atoms with Crippen LogP contribution in [-0.2, 0) is 4.79 Å². The molecule has 8 heteroatoms. The molecule has 1 aliphatic rings. The van der Waals surface area contributed by atoms with Crippen LogP contribution in [0, 0.1) is 0 Å². The zero-order valence-electron chi connectivity index (χ0n) is 17.9. The molecular weight excluding hydrogens is 481 g/mol. The lowest BCUT2D eigenvalue weighted by Crippen LogP contribution is -2.50. The lowest BCUT2D eigenvalue weighted by atomic mass is 10.0. The maximum atomic E-state index is 13.4. The van der Waals surface area contributed by atoms with E-state index in [1.54, 1.807) is 30.3 Å². The largest absolute Gasteiger partial charge is 0.360 e. The molecule has 1 N–H and O–H groups in total. The van der Waals surface area contributed by atoms with Crippen LogP contribution >= 0.6 is 34.8 Å².